The van der Waals surface area contributed by atoms with E-state index in [1.54, 1.807) is 18.2 Å². The molecule has 1 aromatic carbocycles. The lowest BCUT2D eigenvalue weighted by atomic mass is 10.2. The van der Waals surface area contributed by atoms with Crippen LogP contribution in [0.15, 0.2) is 24.3 Å². The summed E-state index contributed by atoms with van der Waals surface area (Å²) in [5.74, 6) is -0.282. The van der Waals surface area contributed by atoms with Gasteiger partial charge in [-0.15, -0.1) is 0 Å². The fraction of sp³-hybridized carbons (Fsp3) is 0.500. The van der Waals surface area contributed by atoms with E-state index in [4.69, 9.17) is 0 Å². The molecule has 4 heteroatoms. The zero-order valence-electron chi connectivity index (χ0n) is 10.8. The number of hydrogen-bond acceptors (Lipinski definition) is 2. The topological polar surface area (TPSA) is 41.1 Å². The van der Waals surface area contributed by atoms with E-state index in [2.05, 4.69) is 17.6 Å². The van der Waals surface area contributed by atoms with Crippen LogP contribution in [0.1, 0.15) is 32.6 Å². The minimum Gasteiger partial charge on any atom is -0.382 e. The van der Waals surface area contributed by atoms with Gasteiger partial charge >= 0.3 is 0 Å². The highest BCUT2D eigenvalue weighted by atomic mass is 19.1. The minimum atomic E-state index is -0.291. The summed E-state index contributed by atoms with van der Waals surface area (Å²) in [7, 11) is 0. The Morgan fingerprint density at radius 1 is 1.22 bits per heavy atom. The first-order valence-electron chi connectivity index (χ1n) is 6.49. The molecule has 0 bridgehead atoms. The van der Waals surface area contributed by atoms with Crippen molar-refractivity contribution >= 4 is 11.6 Å². The molecular formula is C14H21FN2O. The number of halogens is 1. The number of hydrogen-bond donors (Lipinski definition) is 2. The molecule has 0 fully saturated rings. The van der Waals surface area contributed by atoms with E-state index >= 15 is 0 Å². The van der Waals surface area contributed by atoms with E-state index in [1.165, 1.54) is 6.07 Å². The molecule has 3 nitrogen and oxygen atoms in total. The Morgan fingerprint density at radius 3 is 2.72 bits per heavy atom. The third-order valence-electron chi connectivity index (χ3n) is 2.64. The largest absolute Gasteiger partial charge is 0.382 e. The molecule has 0 aliphatic rings. The molecular weight excluding hydrogens is 231 g/mol. The van der Waals surface area contributed by atoms with E-state index in [0.29, 0.717) is 18.7 Å². The van der Waals surface area contributed by atoms with Gasteiger partial charge in [0.25, 0.3) is 0 Å². The van der Waals surface area contributed by atoms with Gasteiger partial charge in [-0.25, -0.2) is 4.39 Å². The van der Waals surface area contributed by atoms with Gasteiger partial charge in [0, 0.05) is 19.5 Å². The number of para-hydroxylation sites is 1. The van der Waals surface area contributed by atoms with Crippen LogP contribution < -0.4 is 10.6 Å². The van der Waals surface area contributed by atoms with Gasteiger partial charge in [0.05, 0.1) is 5.69 Å². The quantitative estimate of drug-likeness (QED) is 0.698. The normalized spacial score (nSPS) is 10.1. The molecule has 0 aliphatic heterocycles. The summed E-state index contributed by atoms with van der Waals surface area (Å²) in [6, 6.07) is 6.46. The Balaban J connectivity index is 2.14. The molecule has 0 unspecified atom stereocenters. The van der Waals surface area contributed by atoms with Crippen LogP contribution in [0.2, 0.25) is 0 Å². The van der Waals surface area contributed by atoms with Crippen LogP contribution in [0, 0.1) is 5.82 Å². The standard InChI is InChI=1S/C14H21FN2O/c1-2-3-6-10-17-14(18)9-11-16-13-8-5-4-7-12(13)15/h4-5,7-8,16H,2-3,6,9-11H2,1H3,(H,17,18). The first-order chi connectivity index (χ1) is 8.74. The van der Waals surface area contributed by atoms with Crippen molar-refractivity contribution in [2.75, 3.05) is 18.4 Å². The number of nitrogens with one attached hydrogen (secondary N) is 2. The van der Waals surface area contributed by atoms with Crippen LogP contribution in [0.3, 0.4) is 0 Å². The molecule has 100 valence electrons. The third kappa shape index (κ3) is 5.66. The molecule has 0 saturated carbocycles. The van der Waals surface area contributed by atoms with Gasteiger partial charge < -0.3 is 10.6 Å². The number of rotatable bonds is 8. The fourth-order valence-corrected chi connectivity index (χ4v) is 1.61. The van der Waals surface area contributed by atoms with Crippen molar-refractivity contribution in [3.63, 3.8) is 0 Å². The van der Waals surface area contributed by atoms with Crippen LogP contribution in [0.4, 0.5) is 10.1 Å². The highest BCUT2D eigenvalue weighted by molar-refractivity contribution is 5.76. The van der Waals surface area contributed by atoms with E-state index in [9.17, 15) is 9.18 Å². The monoisotopic (exact) mass is 252 g/mol. The molecule has 0 radical (unpaired) electrons. The molecule has 0 aromatic heterocycles. The average Bonchev–Trinajstić information content (AvgIpc) is 2.37. The van der Waals surface area contributed by atoms with Crippen molar-refractivity contribution in [3.05, 3.63) is 30.1 Å². The maximum atomic E-state index is 13.2. The van der Waals surface area contributed by atoms with Gasteiger partial charge in [-0.2, -0.15) is 0 Å². The van der Waals surface area contributed by atoms with Gasteiger partial charge in [-0.05, 0) is 18.6 Å². The van der Waals surface area contributed by atoms with E-state index in [-0.39, 0.29) is 11.7 Å². The lowest BCUT2D eigenvalue weighted by molar-refractivity contribution is -0.120. The van der Waals surface area contributed by atoms with Crippen LogP contribution in [-0.4, -0.2) is 19.0 Å². The van der Waals surface area contributed by atoms with Gasteiger partial charge in [-0.1, -0.05) is 31.9 Å². The highest BCUT2D eigenvalue weighted by Gasteiger charge is 2.02. The predicted molar refractivity (Wildman–Crippen MR) is 72.0 cm³/mol. The second-order valence-corrected chi connectivity index (χ2v) is 4.21. The van der Waals surface area contributed by atoms with E-state index < -0.39 is 0 Å². The Bertz CT molecular complexity index is 369. The van der Waals surface area contributed by atoms with Crippen molar-refractivity contribution in [2.24, 2.45) is 0 Å². The van der Waals surface area contributed by atoms with Crippen LogP contribution in [0.5, 0.6) is 0 Å². The summed E-state index contributed by atoms with van der Waals surface area (Å²) in [5.41, 5.74) is 0.441. The highest BCUT2D eigenvalue weighted by Crippen LogP contribution is 2.11. The van der Waals surface area contributed by atoms with Crippen molar-refractivity contribution in [1.29, 1.82) is 0 Å². The summed E-state index contributed by atoms with van der Waals surface area (Å²) in [6.07, 6.45) is 3.65. The summed E-state index contributed by atoms with van der Waals surface area (Å²) in [5, 5.41) is 5.76. The van der Waals surface area contributed by atoms with Crippen LogP contribution >= 0.6 is 0 Å². The molecule has 0 aliphatic carbocycles. The lowest BCUT2D eigenvalue weighted by Crippen LogP contribution is -2.26. The van der Waals surface area contributed by atoms with Crippen LogP contribution in [0.25, 0.3) is 0 Å². The van der Waals surface area contributed by atoms with Crippen molar-refractivity contribution < 1.29 is 9.18 Å². The second-order valence-electron chi connectivity index (χ2n) is 4.21. The first-order valence-corrected chi connectivity index (χ1v) is 6.49. The van der Waals surface area contributed by atoms with Crippen molar-refractivity contribution in [3.8, 4) is 0 Å². The molecule has 0 saturated heterocycles. The summed E-state index contributed by atoms with van der Waals surface area (Å²) >= 11 is 0. The molecule has 1 rings (SSSR count). The van der Waals surface area contributed by atoms with Gasteiger partial charge in [0.2, 0.25) is 5.91 Å². The Morgan fingerprint density at radius 2 is 2.00 bits per heavy atom. The first kappa shape index (κ1) is 14.5. The summed E-state index contributed by atoms with van der Waals surface area (Å²) in [6.45, 7) is 3.30. The molecule has 1 aromatic rings. The SMILES string of the molecule is CCCCCNC(=O)CCNc1ccccc1F. The maximum Gasteiger partial charge on any atom is 0.221 e. The smallest absolute Gasteiger partial charge is 0.221 e. The number of carbonyl (C=O) groups is 1. The van der Waals surface area contributed by atoms with Gasteiger partial charge in [-0.3, -0.25) is 4.79 Å². The molecule has 18 heavy (non-hydrogen) atoms. The second kappa shape index (κ2) is 8.50. The number of carbonyl (C=O) groups excluding carboxylic acids is 1. The van der Waals surface area contributed by atoms with E-state index in [0.717, 1.165) is 25.8 Å². The number of benzene rings is 1. The molecule has 2 N–H and O–H groups in total. The van der Waals surface area contributed by atoms with E-state index in [1.807, 2.05) is 0 Å². The van der Waals surface area contributed by atoms with Gasteiger partial charge in [0.1, 0.15) is 5.82 Å². The zero-order valence-corrected chi connectivity index (χ0v) is 10.8. The zero-order chi connectivity index (χ0) is 13.2. The summed E-state index contributed by atoms with van der Waals surface area (Å²) < 4.78 is 13.2. The Labute approximate surface area is 108 Å². The molecule has 0 heterocycles. The molecule has 0 spiro atoms. The van der Waals surface area contributed by atoms with Crippen molar-refractivity contribution in [1.82, 2.24) is 5.32 Å². The number of amides is 1. The molecule has 0 atom stereocenters. The Kier molecular flexibility index (Phi) is 6.84. The van der Waals surface area contributed by atoms with Gasteiger partial charge in [0.15, 0.2) is 0 Å². The lowest BCUT2D eigenvalue weighted by Gasteiger charge is -2.08. The maximum absolute atomic E-state index is 13.2. The predicted octanol–water partition coefficient (Wildman–Crippen LogP) is 2.93. The summed E-state index contributed by atoms with van der Waals surface area (Å²) in [4.78, 5) is 11.4. The number of unbranched alkanes of at least 4 members (excludes halogenated alkanes) is 2. The number of anilines is 1. The molecule has 1 amide bonds. The Hall–Kier alpha value is -1.58. The van der Waals surface area contributed by atoms with Crippen LogP contribution in [-0.2, 0) is 4.79 Å². The third-order valence-corrected chi connectivity index (χ3v) is 2.64. The fourth-order valence-electron chi connectivity index (χ4n) is 1.61. The average molecular weight is 252 g/mol. The van der Waals surface area contributed by atoms with Crippen molar-refractivity contribution in [2.45, 2.75) is 32.6 Å². The minimum absolute atomic E-state index is 0.00921.